The third kappa shape index (κ3) is 4.59. The second-order valence-electron chi connectivity index (χ2n) is 7.26. The maximum absolute atomic E-state index is 12.5. The summed E-state index contributed by atoms with van der Waals surface area (Å²) in [7, 11) is 1.64. The molecule has 0 bridgehead atoms. The highest BCUT2D eigenvalue weighted by atomic mass is 16.5. The lowest BCUT2D eigenvalue weighted by Gasteiger charge is -2.19. The molecule has 1 aliphatic rings. The Hall–Kier alpha value is -2.56. The van der Waals surface area contributed by atoms with Gasteiger partial charge < -0.3 is 14.8 Å². The van der Waals surface area contributed by atoms with Gasteiger partial charge in [0.15, 0.2) is 6.10 Å². The summed E-state index contributed by atoms with van der Waals surface area (Å²) in [5.41, 5.74) is 0.862. The molecular weight excluding hydrogens is 342 g/mol. The highest BCUT2D eigenvalue weighted by Crippen LogP contribution is 2.26. The number of esters is 1. The molecule has 5 nitrogen and oxygen atoms in total. The van der Waals surface area contributed by atoms with Gasteiger partial charge in [0.25, 0.3) is 5.91 Å². The summed E-state index contributed by atoms with van der Waals surface area (Å²) < 4.78 is 10.7. The molecule has 0 spiro atoms. The lowest BCUT2D eigenvalue weighted by Crippen LogP contribution is -2.41. The fourth-order valence-electron chi connectivity index (χ4n) is 3.49. The quantitative estimate of drug-likeness (QED) is 0.783. The molecule has 1 aliphatic carbocycles. The molecule has 0 aliphatic heterocycles. The van der Waals surface area contributed by atoms with Crippen molar-refractivity contribution in [2.24, 2.45) is 0 Å². The minimum Gasteiger partial charge on any atom is -0.497 e. The van der Waals surface area contributed by atoms with Gasteiger partial charge >= 0.3 is 5.97 Å². The van der Waals surface area contributed by atoms with Crippen LogP contribution in [-0.2, 0) is 14.3 Å². The number of methoxy groups -OCH3 is 1. The predicted octanol–water partition coefficient (Wildman–Crippen LogP) is 3.94. The van der Waals surface area contributed by atoms with Crippen LogP contribution in [0, 0.1) is 0 Å². The normalized spacial score (nSPS) is 16.7. The topological polar surface area (TPSA) is 64.6 Å². The molecule has 1 amide bonds. The minimum absolute atomic E-state index is 0.215. The fraction of sp³-hybridized carbons (Fsp3) is 0.455. The van der Waals surface area contributed by atoms with Crippen LogP contribution in [-0.4, -0.2) is 31.1 Å². The SMILES string of the molecule is COc1ccc2cc([C@H](C)C(=O)O[C@@H](C)C(=O)NC3CCCC3)ccc2c1. The summed E-state index contributed by atoms with van der Waals surface area (Å²) in [4.78, 5) is 24.7. The lowest BCUT2D eigenvalue weighted by atomic mass is 9.98. The van der Waals surface area contributed by atoms with Gasteiger partial charge in [-0.15, -0.1) is 0 Å². The van der Waals surface area contributed by atoms with E-state index in [9.17, 15) is 9.59 Å². The number of benzene rings is 2. The molecule has 144 valence electrons. The van der Waals surface area contributed by atoms with Gasteiger partial charge in [-0.25, -0.2) is 0 Å². The van der Waals surface area contributed by atoms with Crippen molar-refractivity contribution in [3.8, 4) is 5.75 Å². The van der Waals surface area contributed by atoms with Crippen molar-refractivity contribution in [3.05, 3.63) is 42.0 Å². The number of carbonyl (C=O) groups excluding carboxylic acids is 2. The first-order valence-electron chi connectivity index (χ1n) is 9.56. The van der Waals surface area contributed by atoms with Crippen molar-refractivity contribution < 1.29 is 19.1 Å². The molecule has 0 radical (unpaired) electrons. The first-order valence-corrected chi connectivity index (χ1v) is 9.56. The zero-order chi connectivity index (χ0) is 19.4. The van der Waals surface area contributed by atoms with Crippen LogP contribution < -0.4 is 10.1 Å². The standard InChI is InChI=1S/C22H27NO4/c1-14(16-8-9-18-13-20(26-3)11-10-17(18)12-16)22(25)27-15(2)21(24)23-19-6-4-5-7-19/h8-15,19H,4-7H2,1-3H3,(H,23,24)/t14-,15-/m0/s1. The second kappa shape index (κ2) is 8.42. The fourth-order valence-corrected chi connectivity index (χ4v) is 3.49. The van der Waals surface area contributed by atoms with E-state index < -0.39 is 18.0 Å². The molecule has 0 saturated heterocycles. The average Bonchev–Trinajstić information content (AvgIpc) is 3.19. The number of hydrogen-bond acceptors (Lipinski definition) is 4. The average molecular weight is 369 g/mol. The number of carbonyl (C=O) groups is 2. The summed E-state index contributed by atoms with van der Waals surface area (Å²) in [5, 5.41) is 5.04. The largest absolute Gasteiger partial charge is 0.497 e. The van der Waals surface area contributed by atoms with Gasteiger partial charge in [0.05, 0.1) is 13.0 Å². The zero-order valence-corrected chi connectivity index (χ0v) is 16.2. The van der Waals surface area contributed by atoms with Crippen LogP contribution in [0.3, 0.4) is 0 Å². The molecule has 1 fully saturated rings. The third-order valence-corrected chi connectivity index (χ3v) is 5.29. The zero-order valence-electron chi connectivity index (χ0n) is 16.2. The van der Waals surface area contributed by atoms with E-state index in [-0.39, 0.29) is 11.9 Å². The molecule has 27 heavy (non-hydrogen) atoms. The van der Waals surface area contributed by atoms with Crippen molar-refractivity contribution >= 4 is 22.6 Å². The van der Waals surface area contributed by atoms with Gasteiger partial charge in [0.1, 0.15) is 5.75 Å². The van der Waals surface area contributed by atoms with Gasteiger partial charge in [-0.1, -0.05) is 37.1 Å². The summed E-state index contributed by atoms with van der Waals surface area (Å²) in [6.45, 7) is 3.43. The first kappa shape index (κ1) is 19.2. The smallest absolute Gasteiger partial charge is 0.313 e. The number of rotatable bonds is 6. The molecule has 5 heteroatoms. The Morgan fingerprint density at radius 2 is 1.70 bits per heavy atom. The molecular formula is C22H27NO4. The van der Waals surface area contributed by atoms with E-state index in [1.54, 1.807) is 21.0 Å². The minimum atomic E-state index is -0.787. The maximum atomic E-state index is 12.5. The van der Waals surface area contributed by atoms with Crippen LogP contribution >= 0.6 is 0 Å². The predicted molar refractivity (Wildman–Crippen MR) is 105 cm³/mol. The molecule has 1 N–H and O–H groups in total. The van der Waals surface area contributed by atoms with E-state index in [1.165, 1.54) is 0 Å². The van der Waals surface area contributed by atoms with Crippen LogP contribution in [0.5, 0.6) is 5.75 Å². The van der Waals surface area contributed by atoms with Gasteiger partial charge in [-0.05, 0) is 55.2 Å². The van der Waals surface area contributed by atoms with E-state index in [2.05, 4.69) is 5.32 Å². The van der Waals surface area contributed by atoms with Crippen LogP contribution in [0.2, 0.25) is 0 Å². The number of amides is 1. The Morgan fingerprint density at radius 3 is 2.41 bits per heavy atom. The van der Waals surface area contributed by atoms with Gasteiger partial charge in [0, 0.05) is 6.04 Å². The summed E-state index contributed by atoms with van der Waals surface area (Å²) in [5.74, 6) is -0.256. The summed E-state index contributed by atoms with van der Waals surface area (Å²) in [6, 6.07) is 11.9. The van der Waals surface area contributed by atoms with E-state index >= 15 is 0 Å². The summed E-state index contributed by atoms with van der Waals surface area (Å²) in [6.07, 6.45) is 3.51. The maximum Gasteiger partial charge on any atom is 0.313 e. The molecule has 2 atom stereocenters. The third-order valence-electron chi connectivity index (χ3n) is 5.29. The molecule has 2 aromatic rings. The Bertz CT molecular complexity index is 826. The van der Waals surface area contributed by atoms with Crippen LogP contribution in [0.15, 0.2) is 36.4 Å². The molecule has 0 aromatic heterocycles. The van der Waals surface area contributed by atoms with Crippen LogP contribution in [0.1, 0.15) is 51.0 Å². The van der Waals surface area contributed by atoms with Gasteiger partial charge in [0.2, 0.25) is 0 Å². The highest BCUT2D eigenvalue weighted by molar-refractivity contribution is 5.88. The van der Waals surface area contributed by atoms with E-state index in [4.69, 9.17) is 9.47 Å². The Kier molecular flexibility index (Phi) is 5.99. The van der Waals surface area contributed by atoms with E-state index in [0.717, 1.165) is 47.8 Å². The second-order valence-corrected chi connectivity index (χ2v) is 7.26. The molecule has 0 heterocycles. The molecule has 0 unspecified atom stereocenters. The number of nitrogens with one attached hydrogen (secondary N) is 1. The monoisotopic (exact) mass is 369 g/mol. The van der Waals surface area contributed by atoms with Crippen LogP contribution in [0.4, 0.5) is 0 Å². The number of hydrogen-bond donors (Lipinski definition) is 1. The van der Waals surface area contributed by atoms with Crippen molar-refractivity contribution in [3.63, 3.8) is 0 Å². The molecule has 1 saturated carbocycles. The molecule has 2 aromatic carbocycles. The van der Waals surface area contributed by atoms with Crippen molar-refractivity contribution in [2.75, 3.05) is 7.11 Å². The van der Waals surface area contributed by atoms with Crippen molar-refractivity contribution in [2.45, 2.75) is 57.6 Å². The Labute approximate surface area is 160 Å². The number of ether oxygens (including phenoxy) is 2. The number of fused-ring (bicyclic) bond motifs is 1. The first-order chi connectivity index (χ1) is 13.0. The van der Waals surface area contributed by atoms with Crippen molar-refractivity contribution in [1.82, 2.24) is 5.32 Å². The lowest BCUT2D eigenvalue weighted by molar-refractivity contribution is -0.156. The Balaban J connectivity index is 1.63. The highest BCUT2D eigenvalue weighted by Gasteiger charge is 2.25. The van der Waals surface area contributed by atoms with E-state index in [0.29, 0.717) is 0 Å². The van der Waals surface area contributed by atoms with Gasteiger partial charge in [-0.2, -0.15) is 0 Å². The summed E-state index contributed by atoms with van der Waals surface area (Å²) >= 11 is 0. The van der Waals surface area contributed by atoms with Crippen molar-refractivity contribution in [1.29, 1.82) is 0 Å². The Morgan fingerprint density at radius 1 is 1.04 bits per heavy atom. The molecule has 3 rings (SSSR count). The van der Waals surface area contributed by atoms with E-state index in [1.807, 2.05) is 36.4 Å². The van der Waals surface area contributed by atoms with Crippen LogP contribution in [0.25, 0.3) is 10.8 Å². The van der Waals surface area contributed by atoms with Gasteiger partial charge in [-0.3, -0.25) is 9.59 Å².